The standard InChI is InChI=1S/C15H20N2O3/c1-2-5-12(15(19)20)16-10-14(18)17-9-8-11-6-3-4-7-13(11)17/h3-4,6-7,12,16H,2,5,8-10H2,1H3,(H,19,20)/t12-/m0/s1. The summed E-state index contributed by atoms with van der Waals surface area (Å²) >= 11 is 0. The van der Waals surface area contributed by atoms with E-state index >= 15 is 0 Å². The third-order valence-electron chi connectivity index (χ3n) is 3.56. The van der Waals surface area contributed by atoms with Crippen molar-refractivity contribution in [2.75, 3.05) is 18.0 Å². The summed E-state index contributed by atoms with van der Waals surface area (Å²) in [6.07, 6.45) is 2.16. The molecular formula is C15H20N2O3. The molecule has 2 N–H and O–H groups in total. The number of carbonyl (C=O) groups is 2. The second kappa shape index (κ2) is 6.52. The Bertz CT molecular complexity index is 502. The average molecular weight is 276 g/mol. The van der Waals surface area contributed by atoms with Gasteiger partial charge in [-0.15, -0.1) is 0 Å². The van der Waals surface area contributed by atoms with Crippen LogP contribution in [0.3, 0.4) is 0 Å². The van der Waals surface area contributed by atoms with Crippen molar-refractivity contribution in [3.63, 3.8) is 0 Å². The number of rotatable bonds is 6. The van der Waals surface area contributed by atoms with E-state index in [0.29, 0.717) is 13.0 Å². The molecule has 0 saturated heterocycles. The van der Waals surface area contributed by atoms with E-state index in [4.69, 9.17) is 5.11 Å². The molecule has 2 rings (SSSR count). The first-order chi connectivity index (χ1) is 9.63. The van der Waals surface area contributed by atoms with Crippen molar-refractivity contribution in [2.45, 2.75) is 32.2 Å². The van der Waals surface area contributed by atoms with Crippen LogP contribution in [0.25, 0.3) is 0 Å². The van der Waals surface area contributed by atoms with Gasteiger partial charge in [0, 0.05) is 12.2 Å². The summed E-state index contributed by atoms with van der Waals surface area (Å²) in [4.78, 5) is 25.0. The Kier molecular flexibility index (Phi) is 4.74. The van der Waals surface area contributed by atoms with Gasteiger partial charge in [-0.25, -0.2) is 0 Å². The SMILES string of the molecule is CCC[C@H](NCC(=O)N1CCc2ccccc21)C(=O)O. The van der Waals surface area contributed by atoms with Crippen LogP contribution in [0.1, 0.15) is 25.3 Å². The highest BCUT2D eigenvalue weighted by Gasteiger charge is 2.25. The fourth-order valence-corrected chi connectivity index (χ4v) is 2.50. The van der Waals surface area contributed by atoms with E-state index in [1.54, 1.807) is 4.90 Å². The quantitative estimate of drug-likeness (QED) is 0.824. The van der Waals surface area contributed by atoms with Crippen LogP contribution in [0.4, 0.5) is 5.69 Å². The van der Waals surface area contributed by atoms with Gasteiger partial charge in [0.05, 0.1) is 6.54 Å². The lowest BCUT2D eigenvalue weighted by Crippen LogP contribution is -2.44. The molecule has 5 nitrogen and oxygen atoms in total. The van der Waals surface area contributed by atoms with Gasteiger partial charge in [0.15, 0.2) is 0 Å². The zero-order valence-corrected chi connectivity index (χ0v) is 11.6. The average Bonchev–Trinajstić information content (AvgIpc) is 2.86. The highest BCUT2D eigenvalue weighted by atomic mass is 16.4. The number of amides is 1. The van der Waals surface area contributed by atoms with Crippen LogP contribution in [0.15, 0.2) is 24.3 Å². The molecular weight excluding hydrogens is 256 g/mol. The normalized spacial score (nSPS) is 14.9. The molecule has 0 aliphatic carbocycles. The maximum Gasteiger partial charge on any atom is 0.320 e. The van der Waals surface area contributed by atoms with E-state index in [0.717, 1.165) is 18.5 Å². The van der Waals surface area contributed by atoms with E-state index in [1.165, 1.54) is 5.56 Å². The third kappa shape index (κ3) is 3.17. The second-order valence-electron chi connectivity index (χ2n) is 4.98. The molecule has 1 aliphatic rings. The summed E-state index contributed by atoms with van der Waals surface area (Å²) in [5, 5.41) is 11.9. The first kappa shape index (κ1) is 14.5. The summed E-state index contributed by atoms with van der Waals surface area (Å²) in [6.45, 7) is 2.66. The number of aliphatic carboxylic acids is 1. The predicted octanol–water partition coefficient (Wildman–Crippen LogP) is 1.42. The minimum absolute atomic E-state index is 0.0608. The van der Waals surface area contributed by atoms with Crippen molar-refractivity contribution >= 4 is 17.6 Å². The van der Waals surface area contributed by atoms with Gasteiger partial charge in [0.25, 0.3) is 0 Å². The first-order valence-electron chi connectivity index (χ1n) is 6.98. The number of benzene rings is 1. The van der Waals surface area contributed by atoms with E-state index in [1.807, 2.05) is 31.2 Å². The van der Waals surface area contributed by atoms with E-state index in [-0.39, 0.29) is 12.5 Å². The number of nitrogens with one attached hydrogen (secondary N) is 1. The molecule has 1 heterocycles. The minimum Gasteiger partial charge on any atom is -0.480 e. The fourth-order valence-electron chi connectivity index (χ4n) is 2.50. The molecule has 1 aromatic rings. The minimum atomic E-state index is -0.901. The topological polar surface area (TPSA) is 69.6 Å². The third-order valence-corrected chi connectivity index (χ3v) is 3.56. The predicted molar refractivity (Wildman–Crippen MR) is 76.8 cm³/mol. The number of anilines is 1. The number of hydrogen-bond donors (Lipinski definition) is 2. The van der Waals surface area contributed by atoms with Crippen LogP contribution in [0.5, 0.6) is 0 Å². The van der Waals surface area contributed by atoms with Crippen LogP contribution in [-0.4, -0.2) is 36.1 Å². The van der Waals surface area contributed by atoms with E-state index in [9.17, 15) is 9.59 Å². The maximum absolute atomic E-state index is 12.2. The number of carboxylic acid groups (broad SMARTS) is 1. The van der Waals surface area contributed by atoms with Crippen LogP contribution in [-0.2, 0) is 16.0 Å². The zero-order valence-electron chi connectivity index (χ0n) is 11.6. The van der Waals surface area contributed by atoms with Gasteiger partial charge in [-0.3, -0.25) is 14.9 Å². The van der Waals surface area contributed by atoms with Gasteiger partial charge in [-0.1, -0.05) is 31.5 Å². The summed E-state index contributed by atoms with van der Waals surface area (Å²) in [7, 11) is 0. The van der Waals surface area contributed by atoms with Gasteiger partial charge in [0.2, 0.25) is 5.91 Å². The molecule has 0 unspecified atom stereocenters. The van der Waals surface area contributed by atoms with Crippen molar-refractivity contribution in [1.82, 2.24) is 5.32 Å². The summed E-state index contributed by atoms with van der Waals surface area (Å²) in [5.74, 6) is -0.973. The molecule has 0 bridgehead atoms. The van der Waals surface area contributed by atoms with Crippen LogP contribution >= 0.6 is 0 Å². The van der Waals surface area contributed by atoms with Crippen LogP contribution in [0, 0.1) is 0 Å². The molecule has 0 aromatic heterocycles. The lowest BCUT2D eigenvalue weighted by molar-refractivity contribution is -0.139. The Hall–Kier alpha value is -1.88. The molecule has 1 aromatic carbocycles. The Balaban J connectivity index is 1.95. The Morgan fingerprint density at radius 3 is 2.85 bits per heavy atom. The molecule has 0 spiro atoms. The van der Waals surface area contributed by atoms with E-state index < -0.39 is 12.0 Å². The monoisotopic (exact) mass is 276 g/mol. The molecule has 20 heavy (non-hydrogen) atoms. The smallest absolute Gasteiger partial charge is 0.320 e. The fraction of sp³-hybridized carbons (Fsp3) is 0.467. The first-order valence-corrected chi connectivity index (χ1v) is 6.98. The lowest BCUT2D eigenvalue weighted by atomic mass is 10.1. The molecule has 5 heteroatoms. The summed E-state index contributed by atoms with van der Waals surface area (Å²) < 4.78 is 0. The van der Waals surface area contributed by atoms with E-state index in [2.05, 4.69) is 5.32 Å². The van der Waals surface area contributed by atoms with Crippen molar-refractivity contribution < 1.29 is 14.7 Å². The number of nitrogens with zero attached hydrogens (tertiary/aromatic N) is 1. The number of para-hydroxylation sites is 1. The van der Waals surface area contributed by atoms with Gasteiger partial charge >= 0.3 is 5.97 Å². The van der Waals surface area contributed by atoms with Crippen molar-refractivity contribution in [2.24, 2.45) is 0 Å². The van der Waals surface area contributed by atoms with Gasteiger partial charge in [-0.2, -0.15) is 0 Å². The van der Waals surface area contributed by atoms with Crippen molar-refractivity contribution in [3.8, 4) is 0 Å². The summed E-state index contributed by atoms with van der Waals surface area (Å²) in [6, 6.07) is 7.18. The Labute approximate surface area is 118 Å². The molecule has 1 atom stereocenters. The van der Waals surface area contributed by atoms with Crippen LogP contribution in [0.2, 0.25) is 0 Å². The molecule has 0 saturated carbocycles. The Morgan fingerprint density at radius 1 is 1.40 bits per heavy atom. The maximum atomic E-state index is 12.2. The van der Waals surface area contributed by atoms with Gasteiger partial charge in [0.1, 0.15) is 6.04 Å². The number of carbonyl (C=O) groups excluding carboxylic acids is 1. The Morgan fingerprint density at radius 2 is 2.15 bits per heavy atom. The second-order valence-corrected chi connectivity index (χ2v) is 4.98. The molecule has 0 radical (unpaired) electrons. The number of fused-ring (bicyclic) bond motifs is 1. The van der Waals surface area contributed by atoms with Crippen molar-refractivity contribution in [3.05, 3.63) is 29.8 Å². The highest BCUT2D eigenvalue weighted by Crippen LogP contribution is 2.27. The molecule has 1 aliphatic heterocycles. The lowest BCUT2D eigenvalue weighted by Gasteiger charge is -2.19. The van der Waals surface area contributed by atoms with Gasteiger partial charge < -0.3 is 10.0 Å². The number of carboxylic acids is 1. The molecule has 1 amide bonds. The zero-order chi connectivity index (χ0) is 14.5. The molecule has 0 fully saturated rings. The molecule has 108 valence electrons. The highest BCUT2D eigenvalue weighted by molar-refractivity contribution is 5.97. The summed E-state index contributed by atoms with van der Waals surface area (Å²) in [5.41, 5.74) is 2.12. The van der Waals surface area contributed by atoms with Gasteiger partial charge in [-0.05, 0) is 24.5 Å². The van der Waals surface area contributed by atoms with Crippen LogP contribution < -0.4 is 10.2 Å². The number of hydrogen-bond acceptors (Lipinski definition) is 3. The van der Waals surface area contributed by atoms with Crippen molar-refractivity contribution in [1.29, 1.82) is 0 Å². The largest absolute Gasteiger partial charge is 0.480 e.